The van der Waals surface area contributed by atoms with Gasteiger partial charge in [-0.25, -0.2) is 9.29 Å². The standard InChI is InChI=1S/C27H33N3O2S/c1-33(2,32)30-18-6-3-7-23(30)25(31)16-13-20-9-11-21(12-10-20)19-24-27(22-14-15-22)28-26-8-4-5-17-29(24)26/h4-5,8-12,17,22-23H,1,3,6-7,13-16,18-19H2,2H3. The normalized spacial score (nSPS) is 21.2. The highest BCUT2D eigenvalue weighted by Crippen LogP contribution is 2.41. The number of hydrogen-bond acceptors (Lipinski definition) is 3. The van der Waals surface area contributed by atoms with Gasteiger partial charge in [0.2, 0.25) is 0 Å². The fourth-order valence-corrected chi connectivity index (χ4v) is 6.34. The molecule has 2 atom stereocenters. The minimum absolute atomic E-state index is 0.191. The lowest BCUT2D eigenvalue weighted by atomic mass is 9.96. The zero-order valence-electron chi connectivity index (χ0n) is 19.4. The first kappa shape index (κ1) is 22.4. The van der Waals surface area contributed by atoms with E-state index in [1.54, 1.807) is 6.26 Å². The monoisotopic (exact) mass is 463 g/mol. The molecule has 1 aliphatic carbocycles. The molecule has 2 aromatic heterocycles. The van der Waals surface area contributed by atoms with Gasteiger partial charge < -0.3 is 4.40 Å². The quantitative estimate of drug-likeness (QED) is 0.465. The summed E-state index contributed by atoms with van der Waals surface area (Å²) >= 11 is 0. The van der Waals surface area contributed by atoms with Gasteiger partial charge >= 0.3 is 0 Å². The summed E-state index contributed by atoms with van der Waals surface area (Å²) in [5.74, 6) is 4.62. The molecule has 174 valence electrons. The number of ketones is 1. The number of rotatable bonds is 8. The van der Waals surface area contributed by atoms with Crippen LogP contribution in [0.5, 0.6) is 0 Å². The van der Waals surface area contributed by atoms with Crippen molar-refractivity contribution in [3.8, 4) is 0 Å². The highest BCUT2D eigenvalue weighted by atomic mass is 32.2. The number of fused-ring (bicyclic) bond motifs is 1. The Kier molecular flexibility index (Phi) is 6.14. The van der Waals surface area contributed by atoms with Crippen LogP contribution in [-0.4, -0.2) is 48.4 Å². The van der Waals surface area contributed by atoms with E-state index in [9.17, 15) is 9.00 Å². The summed E-state index contributed by atoms with van der Waals surface area (Å²) in [6.45, 7) is 0.704. The summed E-state index contributed by atoms with van der Waals surface area (Å²) in [6.07, 6.45) is 11.1. The molecule has 0 spiro atoms. The van der Waals surface area contributed by atoms with Crippen LogP contribution >= 0.6 is 0 Å². The third-order valence-electron chi connectivity index (χ3n) is 7.00. The van der Waals surface area contributed by atoms with Gasteiger partial charge in [0.05, 0.1) is 17.4 Å². The smallest absolute Gasteiger partial charge is 0.151 e. The highest BCUT2D eigenvalue weighted by molar-refractivity contribution is 7.97. The van der Waals surface area contributed by atoms with E-state index in [4.69, 9.17) is 4.98 Å². The Morgan fingerprint density at radius 2 is 1.85 bits per heavy atom. The van der Waals surface area contributed by atoms with Crippen LogP contribution in [0.4, 0.5) is 0 Å². The molecule has 1 saturated heterocycles. The highest BCUT2D eigenvalue weighted by Gasteiger charge is 2.31. The van der Waals surface area contributed by atoms with E-state index in [1.807, 2.05) is 10.4 Å². The number of nitrogens with zero attached hydrogens (tertiary/aromatic N) is 3. The molecule has 0 N–H and O–H groups in total. The predicted molar refractivity (Wildman–Crippen MR) is 135 cm³/mol. The van der Waals surface area contributed by atoms with Gasteiger partial charge in [-0.2, -0.15) is 0 Å². The Balaban J connectivity index is 1.25. The van der Waals surface area contributed by atoms with Crippen molar-refractivity contribution < 1.29 is 9.00 Å². The first-order valence-electron chi connectivity index (χ1n) is 12.1. The van der Waals surface area contributed by atoms with Crippen molar-refractivity contribution in [2.45, 2.75) is 63.3 Å². The SMILES string of the molecule is C=S(C)(=O)N1CCCCC1C(=O)CCc1ccc(Cc2c(C3CC3)nc3ccccn23)cc1. The van der Waals surface area contributed by atoms with Crippen LogP contribution in [-0.2, 0) is 27.3 Å². The van der Waals surface area contributed by atoms with Gasteiger partial charge in [0.25, 0.3) is 0 Å². The summed E-state index contributed by atoms with van der Waals surface area (Å²) in [5, 5.41) is 0. The van der Waals surface area contributed by atoms with Gasteiger partial charge in [-0.3, -0.25) is 9.00 Å². The lowest BCUT2D eigenvalue weighted by molar-refractivity contribution is -0.123. The first-order chi connectivity index (χ1) is 15.9. The molecule has 33 heavy (non-hydrogen) atoms. The Bertz CT molecular complexity index is 1260. The molecule has 0 bridgehead atoms. The third kappa shape index (κ3) is 4.92. The lowest BCUT2D eigenvalue weighted by Crippen LogP contribution is -2.47. The maximum atomic E-state index is 12.9. The molecule has 0 amide bonds. The minimum Gasteiger partial charge on any atom is -0.303 e. The number of benzene rings is 1. The number of carbonyl (C=O) groups is 1. The zero-order valence-corrected chi connectivity index (χ0v) is 20.2. The van der Waals surface area contributed by atoms with E-state index in [-0.39, 0.29) is 11.8 Å². The molecule has 1 aliphatic heterocycles. The second-order valence-electron chi connectivity index (χ2n) is 9.72. The lowest BCUT2D eigenvalue weighted by Gasteiger charge is -2.35. The molecule has 5 rings (SSSR count). The van der Waals surface area contributed by atoms with E-state index in [2.05, 4.69) is 52.9 Å². The molecule has 1 saturated carbocycles. The maximum Gasteiger partial charge on any atom is 0.151 e. The van der Waals surface area contributed by atoms with Crippen LogP contribution in [0.1, 0.15) is 67.0 Å². The van der Waals surface area contributed by atoms with Crippen LogP contribution in [0, 0.1) is 0 Å². The maximum absolute atomic E-state index is 12.9. The largest absolute Gasteiger partial charge is 0.303 e. The number of pyridine rings is 1. The van der Waals surface area contributed by atoms with Crippen LogP contribution in [0.3, 0.4) is 0 Å². The van der Waals surface area contributed by atoms with E-state index < -0.39 is 9.71 Å². The van der Waals surface area contributed by atoms with E-state index >= 15 is 0 Å². The van der Waals surface area contributed by atoms with Crippen molar-refractivity contribution in [3.05, 3.63) is 71.2 Å². The average molecular weight is 464 g/mol. The van der Waals surface area contributed by atoms with Gasteiger partial charge in [-0.05, 0) is 61.2 Å². The van der Waals surface area contributed by atoms with Crippen LogP contribution in [0.2, 0.25) is 0 Å². The van der Waals surface area contributed by atoms with E-state index in [1.165, 1.54) is 35.4 Å². The second-order valence-corrected chi connectivity index (χ2v) is 12.1. The molecule has 2 aliphatic rings. The average Bonchev–Trinajstić information content (AvgIpc) is 3.60. The fraction of sp³-hybridized carbons (Fsp3) is 0.444. The van der Waals surface area contributed by atoms with Crippen molar-refractivity contribution in [1.82, 2.24) is 13.7 Å². The predicted octanol–water partition coefficient (Wildman–Crippen LogP) is 4.42. The van der Waals surface area contributed by atoms with Crippen LogP contribution < -0.4 is 0 Å². The minimum atomic E-state index is -2.35. The molecular weight excluding hydrogens is 430 g/mol. The fourth-order valence-electron chi connectivity index (χ4n) is 5.06. The number of aromatic nitrogens is 2. The molecule has 3 heterocycles. The van der Waals surface area contributed by atoms with Gasteiger partial charge in [-0.1, -0.05) is 36.8 Å². The number of Topliss-reactive ketones (excluding diaryl/α,β-unsaturated/α-hetero) is 1. The van der Waals surface area contributed by atoms with Crippen molar-refractivity contribution in [3.63, 3.8) is 0 Å². The molecular formula is C27H33N3O2S. The third-order valence-corrected chi connectivity index (χ3v) is 8.43. The van der Waals surface area contributed by atoms with Crippen LogP contribution in [0.15, 0.2) is 48.7 Å². The summed E-state index contributed by atoms with van der Waals surface area (Å²) in [6, 6.07) is 14.6. The summed E-state index contributed by atoms with van der Waals surface area (Å²) in [5.41, 5.74) is 6.01. The van der Waals surface area contributed by atoms with Crippen molar-refractivity contribution in [2.75, 3.05) is 12.8 Å². The summed E-state index contributed by atoms with van der Waals surface area (Å²) in [4.78, 5) is 17.8. The zero-order chi connectivity index (χ0) is 23.0. The Morgan fingerprint density at radius 3 is 2.58 bits per heavy atom. The number of aryl methyl sites for hydroxylation is 1. The van der Waals surface area contributed by atoms with Gasteiger partial charge in [-0.15, -0.1) is 0 Å². The Hall–Kier alpha value is -2.44. The molecule has 2 unspecified atom stereocenters. The first-order valence-corrected chi connectivity index (χ1v) is 14.1. The molecule has 6 heteroatoms. The van der Waals surface area contributed by atoms with Gasteiger partial charge in [0.15, 0.2) is 5.78 Å². The van der Waals surface area contributed by atoms with Gasteiger partial charge in [0.1, 0.15) is 5.65 Å². The number of piperidine rings is 1. The molecule has 0 radical (unpaired) electrons. The van der Waals surface area contributed by atoms with Crippen molar-refractivity contribution in [1.29, 1.82) is 0 Å². The van der Waals surface area contributed by atoms with Crippen molar-refractivity contribution in [2.24, 2.45) is 0 Å². The molecule has 2 fully saturated rings. The summed E-state index contributed by atoms with van der Waals surface area (Å²) in [7, 11) is -2.35. The topological polar surface area (TPSA) is 54.7 Å². The molecule has 5 nitrogen and oxygen atoms in total. The van der Waals surface area contributed by atoms with E-state index in [0.717, 1.165) is 31.3 Å². The number of carbonyl (C=O) groups excluding carboxylic acids is 1. The Labute approximate surface area is 197 Å². The number of hydrogen-bond donors (Lipinski definition) is 0. The Morgan fingerprint density at radius 1 is 1.09 bits per heavy atom. The second kappa shape index (κ2) is 9.07. The molecule has 1 aromatic carbocycles. The summed E-state index contributed by atoms with van der Waals surface area (Å²) < 4.78 is 16.6. The van der Waals surface area contributed by atoms with Gasteiger partial charge in [0, 0.05) is 47.5 Å². The van der Waals surface area contributed by atoms with E-state index in [0.29, 0.717) is 25.3 Å². The molecule has 3 aromatic rings. The number of imidazole rings is 1. The van der Waals surface area contributed by atoms with Crippen LogP contribution in [0.25, 0.3) is 5.65 Å². The van der Waals surface area contributed by atoms with Crippen molar-refractivity contribution >= 4 is 27.0 Å².